The molecule has 1 N–H and O–H groups in total. The van der Waals surface area contributed by atoms with Crippen molar-refractivity contribution in [1.82, 2.24) is 9.97 Å². The fraction of sp³-hybridized carbons (Fsp3) is 0.250. The van der Waals surface area contributed by atoms with E-state index in [1.807, 2.05) is 42.5 Å². The summed E-state index contributed by atoms with van der Waals surface area (Å²) in [4.78, 5) is 22.9. The van der Waals surface area contributed by atoms with Crippen LogP contribution in [0.4, 0.5) is 17.3 Å². The number of rotatable bonds is 4. The number of hydrogen-bond acceptors (Lipinski definition) is 6. The van der Waals surface area contributed by atoms with Crippen molar-refractivity contribution in [2.75, 3.05) is 23.3 Å². The molecule has 0 atom stereocenters. The first-order valence-electron chi connectivity index (χ1n) is 10.2. The molecular formula is C24H21N5O. The summed E-state index contributed by atoms with van der Waals surface area (Å²) in [6.45, 7) is 2.00. The normalized spacial score (nSPS) is 15.2. The van der Waals surface area contributed by atoms with Crippen LogP contribution in [0.15, 0.2) is 48.7 Å². The van der Waals surface area contributed by atoms with Gasteiger partial charge in [0, 0.05) is 43.4 Å². The maximum absolute atomic E-state index is 11.7. The lowest BCUT2D eigenvalue weighted by molar-refractivity contribution is -0.117. The Kier molecular flexibility index (Phi) is 4.64. The molecule has 2 heterocycles. The highest BCUT2D eigenvalue weighted by atomic mass is 16.1. The van der Waals surface area contributed by atoms with E-state index in [1.165, 1.54) is 12.8 Å². The number of aromatic nitrogens is 2. The van der Waals surface area contributed by atoms with Gasteiger partial charge in [0.2, 0.25) is 5.95 Å². The molecule has 1 aliphatic carbocycles. The molecule has 1 aliphatic heterocycles. The average molecular weight is 395 g/mol. The largest absolute Gasteiger partial charge is 0.370 e. The predicted molar refractivity (Wildman–Crippen MR) is 116 cm³/mol. The molecule has 0 unspecified atom stereocenters. The summed E-state index contributed by atoms with van der Waals surface area (Å²) < 4.78 is 0. The van der Waals surface area contributed by atoms with Gasteiger partial charge >= 0.3 is 0 Å². The Hall–Kier alpha value is -3.72. The van der Waals surface area contributed by atoms with Crippen LogP contribution in [0.25, 0.3) is 11.3 Å². The van der Waals surface area contributed by atoms with Gasteiger partial charge in [-0.2, -0.15) is 5.26 Å². The number of carbonyl (C=O) groups is 1. The maximum atomic E-state index is 11.7. The standard InChI is InChI=1S/C24H21N5O/c25-15-19-11-17(4-6-23(19)29-9-1-2-10-29)22-7-8-26-24(28-22)27-20-5-3-16-13-21(30)14-18(16)12-20/h3-8,11-12H,1-2,9-10,13-14H2,(H,26,27,28). The second kappa shape index (κ2) is 7.60. The zero-order valence-electron chi connectivity index (χ0n) is 16.6. The van der Waals surface area contributed by atoms with E-state index in [-0.39, 0.29) is 5.78 Å². The van der Waals surface area contributed by atoms with Gasteiger partial charge < -0.3 is 10.2 Å². The lowest BCUT2D eigenvalue weighted by atomic mass is 10.1. The topological polar surface area (TPSA) is 81.9 Å². The fourth-order valence-electron chi connectivity index (χ4n) is 4.26. The van der Waals surface area contributed by atoms with Crippen LogP contribution in [0.1, 0.15) is 29.5 Å². The molecule has 1 fully saturated rings. The van der Waals surface area contributed by atoms with E-state index in [4.69, 9.17) is 0 Å². The SMILES string of the molecule is N#Cc1cc(-c2ccnc(Nc3ccc4c(c3)CC(=O)C4)n2)ccc1N1CCCC1. The molecule has 0 saturated carbocycles. The highest BCUT2D eigenvalue weighted by Gasteiger charge is 2.19. The van der Waals surface area contributed by atoms with Crippen molar-refractivity contribution in [3.63, 3.8) is 0 Å². The number of nitrogens with one attached hydrogen (secondary N) is 1. The smallest absolute Gasteiger partial charge is 0.227 e. The molecule has 2 aromatic carbocycles. The molecule has 6 heteroatoms. The van der Waals surface area contributed by atoms with E-state index in [1.54, 1.807) is 6.20 Å². The van der Waals surface area contributed by atoms with Gasteiger partial charge in [-0.25, -0.2) is 9.97 Å². The lowest BCUT2D eigenvalue weighted by Gasteiger charge is -2.19. The molecule has 3 aromatic rings. The first-order chi connectivity index (χ1) is 14.7. The molecule has 5 rings (SSSR count). The summed E-state index contributed by atoms with van der Waals surface area (Å²) in [6.07, 6.45) is 5.07. The quantitative estimate of drug-likeness (QED) is 0.718. The zero-order chi connectivity index (χ0) is 20.5. The van der Waals surface area contributed by atoms with Crippen molar-refractivity contribution in [2.24, 2.45) is 0 Å². The third kappa shape index (κ3) is 3.50. The Bertz CT molecular complexity index is 1170. The van der Waals surface area contributed by atoms with Gasteiger partial charge in [0.05, 0.1) is 16.9 Å². The van der Waals surface area contributed by atoms with E-state index in [0.29, 0.717) is 24.4 Å². The number of ketones is 1. The molecule has 1 aromatic heterocycles. The number of fused-ring (bicyclic) bond motifs is 1. The van der Waals surface area contributed by atoms with Crippen LogP contribution >= 0.6 is 0 Å². The summed E-state index contributed by atoms with van der Waals surface area (Å²) in [6, 6.07) is 16.1. The average Bonchev–Trinajstić information content (AvgIpc) is 3.42. The first-order valence-corrected chi connectivity index (χ1v) is 10.2. The number of carbonyl (C=O) groups excluding carboxylic acids is 1. The molecule has 0 amide bonds. The van der Waals surface area contributed by atoms with Crippen molar-refractivity contribution >= 4 is 23.1 Å². The van der Waals surface area contributed by atoms with Gasteiger partial charge in [-0.3, -0.25) is 4.79 Å². The third-order valence-electron chi connectivity index (χ3n) is 5.75. The van der Waals surface area contributed by atoms with Crippen molar-refractivity contribution in [2.45, 2.75) is 25.7 Å². The lowest BCUT2D eigenvalue weighted by Crippen LogP contribution is -2.18. The van der Waals surface area contributed by atoms with Crippen molar-refractivity contribution in [3.8, 4) is 17.3 Å². The van der Waals surface area contributed by atoms with Gasteiger partial charge in [0.25, 0.3) is 0 Å². The maximum Gasteiger partial charge on any atom is 0.227 e. The first kappa shape index (κ1) is 18.3. The molecule has 2 aliphatic rings. The second-order valence-electron chi connectivity index (χ2n) is 7.80. The van der Waals surface area contributed by atoms with Gasteiger partial charge in [0.1, 0.15) is 11.9 Å². The monoisotopic (exact) mass is 395 g/mol. The predicted octanol–water partition coefficient (Wildman–Crippen LogP) is 4.03. The number of Topliss-reactive ketones (excluding diaryl/α,β-unsaturated/α-hetero) is 1. The Morgan fingerprint density at radius 1 is 1.00 bits per heavy atom. The summed E-state index contributed by atoms with van der Waals surface area (Å²) in [5.74, 6) is 0.741. The minimum Gasteiger partial charge on any atom is -0.370 e. The Labute approximate surface area is 175 Å². The molecule has 1 saturated heterocycles. The zero-order valence-corrected chi connectivity index (χ0v) is 16.6. The Morgan fingerprint density at radius 2 is 1.83 bits per heavy atom. The van der Waals surface area contributed by atoms with Gasteiger partial charge in [-0.15, -0.1) is 0 Å². The van der Waals surface area contributed by atoms with E-state index in [0.717, 1.165) is 46.8 Å². The van der Waals surface area contributed by atoms with E-state index in [9.17, 15) is 10.1 Å². The Balaban J connectivity index is 1.41. The summed E-state index contributed by atoms with van der Waals surface area (Å²) in [5.41, 5.74) is 6.35. The van der Waals surface area contributed by atoms with Gasteiger partial charge in [-0.05, 0) is 54.3 Å². The highest BCUT2D eigenvalue weighted by molar-refractivity contribution is 5.88. The number of nitrogens with zero attached hydrogens (tertiary/aromatic N) is 4. The van der Waals surface area contributed by atoms with Crippen LogP contribution in [0, 0.1) is 11.3 Å². The molecule has 6 nitrogen and oxygen atoms in total. The Morgan fingerprint density at radius 3 is 2.67 bits per heavy atom. The van der Waals surface area contributed by atoms with E-state index < -0.39 is 0 Å². The van der Waals surface area contributed by atoms with Crippen LogP contribution < -0.4 is 10.2 Å². The molecule has 0 radical (unpaired) electrons. The summed E-state index contributed by atoms with van der Waals surface area (Å²) in [7, 11) is 0. The minimum absolute atomic E-state index is 0.256. The third-order valence-corrected chi connectivity index (χ3v) is 5.75. The van der Waals surface area contributed by atoms with Crippen molar-refractivity contribution < 1.29 is 4.79 Å². The molecule has 0 bridgehead atoms. The number of hydrogen-bond donors (Lipinski definition) is 1. The van der Waals surface area contributed by atoms with Crippen LogP contribution in [-0.4, -0.2) is 28.8 Å². The van der Waals surface area contributed by atoms with Crippen LogP contribution in [0.5, 0.6) is 0 Å². The van der Waals surface area contributed by atoms with E-state index in [2.05, 4.69) is 26.3 Å². The second-order valence-corrected chi connectivity index (χ2v) is 7.80. The minimum atomic E-state index is 0.256. The molecule has 30 heavy (non-hydrogen) atoms. The van der Waals surface area contributed by atoms with Gasteiger partial charge in [0.15, 0.2) is 0 Å². The number of anilines is 3. The van der Waals surface area contributed by atoms with Crippen molar-refractivity contribution in [1.29, 1.82) is 5.26 Å². The van der Waals surface area contributed by atoms with Crippen molar-refractivity contribution in [3.05, 3.63) is 65.4 Å². The van der Waals surface area contributed by atoms with Crippen LogP contribution in [0.2, 0.25) is 0 Å². The van der Waals surface area contributed by atoms with E-state index >= 15 is 0 Å². The summed E-state index contributed by atoms with van der Waals surface area (Å²) in [5, 5.41) is 12.9. The highest BCUT2D eigenvalue weighted by Crippen LogP contribution is 2.29. The summed E-state index contributed by atoms with van der Waals surface area (Å²) >= 11 is 0. The van der Waals surface area contributed by atoms with Gasteiger partial charge in [-0.1, -0.05) is 12.1 Å². The number of benzene rings is 2. The van der Waals surface area contributed by atoms with Crippen LogP contribution in [0.3, 0.4) is 0 Å². The fourth-order valence-corrected chi connectivity index (χ4v) is 4.26. The molecule has 0 spiro atoms. The number of nitriles is 1. The van der Waals surface area contributed by atoms with Crippen LogP contribution in [-0.2, 0) is 17.6 Å². The molecular weight excluding hydrogens is 374 g/mol. The molecule has 148 valence electrons.